The summed E-state index contributed by atoms with van der Waals surface area (Å²) in [7, 11) is 1.59. The van der Waals surface area contributed by atoms with E-state index in [1.165, 1.54) is 12.1 Å². The highest BCUT2D eigenvalue weighted by Crippen LogP contribution is 2.18. The number of amides is 1. The van der Waals surface area contributed by atoms with Crippen molar-refractivity contribution in [1.29, 1.82) is 0 Å². The summed E-state index contributed by atoms with van der Waals surface area (Å²) >= 11 is 0. The first kappa shape index (κ1) is 14.1. The van der Waals surface area contributed by atoms with Gasteiger partial charge in [-0.3, -0.25) is 14.9 Å². The van der Waals surface area contributed by atoms with Gasteiger partial charge in [0.25, 0.3) is 5.69 Å². The van der Waals surface area contributed by atoms with E-state index in [4.69, 9.17) is 0 Å². The van der Waals surface area contributed by atoms with Gasteiger partial charge in [-0.1, -0.05) is 12.1 Å². The Morgan fingerprint density at radius 2 is 2.22 bits per heavy atom. The third-order valence-corrected chi connectivity index (χ3v) is 2.66. The van der Waals surface area contributed by atoms with Gasteiger partial charge in [0.15, 0.2) is 0 Å². The number of hydrogen-bond acceptors (Lipinski definition) is 4. The zero-order chi connectivity index (χ0) is 13.5. The lowest BCUT2D eigenvalue weighted by Gasteiger charge is -2.13. The van der Waals surface area contributed by atoms with E-state index >= 15 is 0 Å². The van der Waals surface area contributed by atoms with Gasteiger partial charge in [0, 0.05) is 38.2 Å². The number of nitro benzene ring substituents is 1. The van der Waals surface area contributed by atoms with E-state index in [0.717, 1.165) is 5.56 Å². The molecule has 0 aromatic heterocycles. The summed E-state index contributed by atoms with van der Waals surface area (Å²) in [4.78, 5) is 21.3. The van der Waals surface area contributed by atoms with E-state index in [2.05, 4.69) is 10.6 Å². The smallest absolute Gasteiger partial charge is 0.269 e. The van der Waals surface area contributed by atoms with Crippen LogP contribution >= 0.6 is 0 Å². The highest BCUT2D eigenvalue weighted by molar-refractivity contribution is 5.75. The van der Waals surface area contributed by atoms with Crippen LogP contribution < -0.4 is 10.6 Å². The second-order valence-corrected chi connectivity index (χ2v) is 3.95. The predicted molar refractivity (Wildman–Crippen MR) is 68.2 cm³/mol. The summed E-state index contributed by atoms with van der Waals surface area (Å²) in [5.41, 5.74) is 0.911. The van der Waals surface area contributed by atoms with Gasteiger partial charge in [-0.15, -0.1) is 0 Å². The molecule has 0 radical (unpaired) electrons. The van der Waals surface area contributed by atoms with Gasteiger partial charge >= 0.3 is 0 Å². The van der Waals surface area contributed by atoms with Crippen LogP contribution in [0.25, 0.3) is 0 Å². The van der Waals surface area contributed by atoms with E-state index in [0.29, 0.717) is 13.0 Å². The summed E-state index contributed by atoms with van der Waals surface area (Å²) in [6.07, 6.45) is 0.385. The molecule has 0 aliphatic carbocycles. The molecule has 6 nitrogen and oxygen atoms in total. The van der Waals surface area contributed by atoms with Crippen LogP contribution in [0.5, 0.6) is 0 Å². The Morgan fingerprint density at radius 1 is 1.50 bits per heavy atom. The maximum Gasteiger partial charge on any atom is 0.269 e. The minimum Gasteiger partial charge on any atom is -0.359 e. The van der Waals surface area contributed by atoms with Crippen LogP contribution in [0.3, 0.4) is 0 Å². The van der Waals surface area contributed by atoms with Gasteiger partial charge in [0.2, 0.25) is 5.91 Å². The van der Waals surface area contributed by atoms with Gasteiger partial charge in [0.05, 0.1) is 4.92 Å². The summed E-state index contributed by atoms with van der Waals surface area (Å²) in [5.74, 6) is -0.0336. The molecule has 1 atom stereocenters. The molecule has 18 heavy (non-hydrogen) atoms. The fourth-order valence-corrected chi connectivity index (χ4v) is 1.55. The molecule has 1 aromatic carbocycles. The monoisotopic (exact) mass is 251 g/mol. The molecular weight excluding hydrogens is 234 g/mol. The van der Waals surface area contributed by atoms with Crippen molar-refractivity contribution in [3.63, 3.8) is 0 Å². The van der Waals surface area contributed by atoms with Crippen molar-refractivity contribution in [3.05, 3.63) is 39.9 Å². The van der Waals surface area contributed by atoms with Crippen LogP contribution in [0.4, 0.5) is 5.69 Å². The Hall–Kier alpha value is -1.95. The van der Waals surface area contributed by atoms with Crippen LogP contribution in [0.2, 0.25) is 0 Å². The van der Waals surface area contributed by atoms with Crippen molar-refractivity contribution in [2.24, 2.45) is 0 Å². The first-order valence-corrected chi connectivity index (χ1v) is 5.73. The lowest BCUT2D eigenvalue weighted by atomic mass is 10.1. The SMILES string of the molecule is CNC(=O)CCNC(C)c1cccc([N+](=O)[O-])c1. The molecule has 0 aliphatic heterocycles. The standard InChI is InChI=1S/C12H17N3O3/c1-9(14-7-6-12(16)13-2)10-4-3-5-11(8-10)15(17)18/h3-5,8-9,14H,6-7H2,1-2H3,(H,13,16). The van der Waals surface area contributed by atoms with Crippen molar-refractivity contribution in [3.8, 4) is 0 Å². The van der Waals surface area contributed by atoms with E-state index in [1.807, 2.05) is 13.0 Å². The topological polar surface area (TPSA) is 84.3 Å². The van der Waals surface area contributed by atoms with E-state index in [1.54, 1.807) is 13.1 Å². The second-order valence-electron chi connectivity index (χ2n) is 3.95. The number of carbonyl (C=O) groups is 1. The van der Waals surface area contributed by atoms with Gasteiger partial charge in [-0.25, -0.2) is 0 Å². The summed E-state index contributed by atoms with van der Waals surface area (Å²) in [6.45, 7) is 2.44. The normalized spacial score (nSPS) is 11.9. The Balaban J connectivity index is 2.56. The van der Waals surface area contributed by atoms with Crippen molar-refractivity contribution in [1.82, 2.24) is 10.6 Å². The van der Waals surface area contributed by atoms with Gasteiger partial charge in [0.1, 0.15) is 0 Å². The van der Waals surface area contributed by atoms with E-state index in [-0.39, 0.29) is 17.6 Å². The summed E-state index contributed by atoms with van der Waals surface area (Å²) in [6, 6.07) is 6.45. The van der Waals surface area contributed by atoms with E-state index in [9.17, 15) is 14.9 Å². The molecule has 1 amide bonds. The van der Waals surface area contributed by atoms with Gasteiger partial charge < -0.3 is 10.6 Å². The first-order chi connectivity index (χ1) is 8.54. The molecule has 0 spiro atoms. The molecule has 0 heterocycles. The molecule has 0 aliphatic rings. The maximum absolute atomic E-state index is 11.0. The zero-order valence-electron chi connectivity index (χ0n) is 10.5. The number of rotatable bonds is 6. The molecule has 0 fully saturated rings. The fourth-order valence-electron chi connectivity index (χ4n) is 1.55. The lowest BCUT2D eigenvalue weighted by molar-refractivity contribution is -0.384. The van der Waals surface area contributed by atoms with Gasteiger partial charge in [-0.05, 0) is 12.5 Å². The lowest BCUT2D eigenvalue weighted by Crippen LogP contribution is -2.26. The summed E-state index contributed by atoms with van der Waals surface area (Å²) in [5, 5.41) is 16.3. The van der Waals surface area contributed by atoms with E-state index < -0.39 is 4.92 Å². The molecule has 1 unspecified atom stereocenters. The average molecular weight is 251 g/mol. The van der Waals surface area contributed by atoms with Crippen molar-refractivity contribution >= 4 is 11.6 Å². The number of nitrogens with one attached hydrogen (secondary N) is 2. The highest BCUT2D eigenvalue weighted by Gasteiger charge is 2.10. The Labute approximate surface area is 106 Å². The fraction of sp³-hybridized carbons (Fsp3) is 0.417. The van der Waals surface area contributed by atoms with Crippen LogP contribution in [0.1, 0.15) is 24.9 Å². The second kappa shape index (κ2) is 6.70. The van der Waals surface area contributed by atoms with Crippen molar-refractivity contribution in [2.45, 2.75) is 19.4 Å². The molecule has 1 aromatic rings. The maximum atomic E-state index is 11.0. The number of benzene rings is 1. The van der Waals surface area contributed by atoms with Crippen LogP contribution in [0, 0.1) is 10.1 Å². The Morgan fingerprint density at radius 3 is 2.83 bits per heavy atom. The van der Waals surface area contributed by atoms with Crippen LogP contribution in [-0.2, 0) is 4.79 Å². The predicted octanol–water partition coefficient (Wildman–Crippen LogP) is 1.38. The molecule has 0 saturated heterocycles. The van der Waals surface area contributed by atoms with Crippen LogP contribution in [0.15, 0.2) is 24.3 Å². The zero-order valence-corrected chi connectivity index (χ0v) is 10.5. The number of nitro groups is 1. The molecular formula is C12H17N3O3. The minimum absolute atomic E-state index is 0.0328. The molecule has 2 N–H and O–H groups in total. The number of non-ortho nitro benzene ring substituents is 1. The quantitative estimate of drug-likeness (QED) is 0.591. The van der Waals surface area contributed by atoms with Crippen molar-refractivity contribution in [2.75, 3.05) is 13.6 Å². The third-order valence-electron chi connectivity index (χ3n) is 2.66. The summed E-state index contributed by atoms with van der Waals surface area (Å²) < 4.78 is 0. The highest BCUT2D eigenvalue weighted by atomic mass is 16.6. The Bertz CT molecular complexity index is 434. The largest absolute Gasteiger partial charge is 0.359 e. The molecule has 0 saturated carbocycles. The number of carbonyl (C=O) groups excluding carboxylic acids is 1. The third kappa shape index (κ3) is 4.14. The first-order valence-electron chi connectivity index (χ1n) is 5.73. The van der Waals surface area contributed by atoms with Crippen LogP contribution in [-0.4, -0.2) is 24.4 Å². The number of nitrogens with zero attached hydrogens (tertiary/aromatic N) is 1. The Kier molecular flexibility index (Phi) is 5.26. The minimum atomic E-state index is -0.416. The average Bonchev–Trinajstić information content (AvgIpc) is 2.38. The van der Waals surface area contributed by atoms with Crippen molar-refractivity contribution < 1.29 is 9.72 Å². The molecule has 0 bridgehead atoms. The number of hydrogen-bond donors (Lipinski definition) is 2. The molecule has 98 valence electrons. The van der Waals surface area contributed by atoms with Gasteiger partial charge in [-0.2, -0.15) is 0 Å². The molecule has 6 heteroatoms. The molecule has 1 rings (SSSR count).